The van der Waals surface area contributed by atoms with Crippen molar-refractivity contribution >= 4 is 21.7 Å². The van der Waals surface area contributed by atoms with E-state index in [1.165, 1.54) is 25.1 Å². The predicted molar refractivity (Wildman–Crippen MR) is 62.9 cm³/mol. The summed E-state index contributed by atoms with van der Waals surface area (Å²) in [6.07, 6.45) is -2.04. The predicted octanol–water partition coefficient (Wildman–Crippen LogP) is 1.38. The average molecular weight is 289 g/mol. The number of hydrogen-bond donors (Lipinski definition) is 3. The molecule has 0 radical (unpaired) electrons. The van der Waals surface area contributed by atoms with Crippen LogP contribution in [0.2, 0.25) is 0 Å². The molecule has 2 unspecified atom stereocenters. The van der Waals surface area contributed by atoms with Crippen molar-refractivity contribution in [1.29, 1.82) is 0 Å². The van der Waals surface area contributed by atoms with Gasteiger partial charge in [-0.25, -0.2) is 0 Å². The Bertz CT molecular complexity index is 392. The Morgan fingerprint density at radius 1 is 1.44 bits per heavy atom. The van der Waals surface area contributed by atoms with E-state index in [0.717, 1.165) is 0 Å². The summed E-state index contributed by atoms with van der Waals surface area (Å²) < 4.78 is 0. The van der Waals surface area contributed by atoms with Crippen LogP contribution in [0.15, 0.2) is 18.2 Å². The molecule has 4 nitrogen and oxygen atoms in total. The van der Waals surface area contributed by atoms with Gasteiger partial charge in [0.25, 0.3) is 0 Å². The molecule has 0 saturated carbocycles. The minimum absolute atomic E-state index is 0.128. The van der Waals surface area contributed by atoms with Crippen molar-refractivity contribution in [2.45, 2.75) is 19.1 Å². The van der Waals surface area contributed by atoms with E-state index in [-0.39, 0.29) is 22.4 Å². The number of carbonyl (C=O) groups is 1. The molecule has 0 bridgehead atoms. The minimum atomic E-state index is -1.09. The van der Waals surface area contributed by atoms with Crippen LogP contribution in [0.4, 0.5) is 0 Å². The first-order valence-electron chi connectivity index (χ1n) is 4.73. The summed E-state index contributed by atoms with van der Waals surface area (Å²) in [4.78, 5) is 11.2. The standard InChI is InChI=1S/C11H13BrO4/c1-6(13)8-4-7(2-3-9(8)14)11(16)10(15)5-12/h2-4,10-11,14-16H,5H2,1H3. The van der Waals surface area contributed by atoms with Gasteiger partial charge in [0, 0.05) is 5.33 Å². The van der Waals surface area contributed by atoms with Crippen molar-refractivity contribution in [1.82, 2.24) is 0 Å². The van der Waals surface area contributed by atoms with E-state index in [1.54, 1.807) is 0 Å². The Morgan fingerprint density at radius 2 is 2.06 bits per heavy atom. The number of ketones is 1. The van der Waals surface area contributed by atoms with Gasteiger partial charge < -0.3 is 15.3 Å². The highest BCUT2D eigenvalue weighted by atomic mass is 79.9. The van der Waals surface area contributed by atoms with Crippen molar-refractivity contribution < 1.29 is 20.1 Å². The summed E-state index contributed by atoms with van der Waals surface area (Å²) in [5.74, 6) is -0.420. The molecule has 0 aliphatic heterocycles. The lowest BCUT2D eigenvalue weighted by Crippen LogP contribution is -2.19. The Balaban J connectivity index is 3.07. The van der Waals surface area contributed by atoms with Gasteiger partial charge in [0.1, 0.15) is 11.9 Å². The van der Waals surface area contributed by atoms with Crippen LogP contribution in [0.3, 0.4) is 0 Å². The van der Waals surface area contributed by atoms with E-state index in [2.05, 4.69) is 15.9 Å². The number of rotatable bonds is 4. The molecule has 2 atom stereocenters. The molecule has 0 saturated heterocycles. The summed E-state index contributed by atoms with van der Waals surface area (Å²) in [6.45, 7) is 1.33. The van der Waals surface area contributed by atoms with Gasteiger partial charge in [-0.15, -0.1) is 0 Å². The van der Waals surface area contributed by atoms with Crippen LogP contribution >= 0.6 is 15.9 Å². The molecule has 5 heteroatoms. The van der Waals surface area contributed by atoms with Crippen LogP contribution in [0.5, 0.6) is 5.75 Å². The third kappa shape index (κ3) is 2.81. The van der Waals surface area contributed by atoms with Gasteiger partial charge >= 0.3 is 0 Å². The topological polar surface area (TPSA) is 77.8 Å². The summed E-state index contributed by atoms with van der Waals surface area (Å²) >= 11 is 3.05. The van der Waals surface area contributed by atoms with Crippen molar-refractivity contribution in [3.8, 4) is 5.75 Å². The number of benzene rings is 1. The lowest BCUT2D eigenvalue weighted by Gasteiger charge is -2.16. The Hall–Kier alpha value is -0.910. The number of carbonyl (C=O) groups excluding carboxylic acids is 1. The fourth-order valence-corrected chi connectivity index (χ4v) is 1.68. The second kappa shape index (κ2) is 5.43. The van der Waals surface area contributed by atoms with Crippen molar-refractivity contribution in [2.75, 3.05) is 5.33 Å². The van der Waals surface area contributed by atoms with Gasteiger partial charge in [-0.1, -0.05) is 22.0 Å². The summed E-state index contributed by atoms with van der Waals surface area (Å²) in [5.41, 5.74) is 0.535. The van der Waals surface area contributed by atoms with Gasteiger partial charge in [0.2, 0.25) is 0 Å². The molecule has 0 aliphatic rings. The largest absolute Gasteiger partial charge is 0.507 e. The number of phenolic OH excluding ortho intramolecular Hbond substituents is 1. The van der Waals surface area contributed by atoms with E-state index in [9.17, 15) is 20.1 Å². The molecule has 0 fully saturated rings. The normalized spacial score (nSPS) is 14.5. The Labute approximate surface area is 102 Å². The summed E-state index contributed by atoms with van der Waals surface area (Å²) in [7, 11) is 0. The zero-order chi connectivity index (χ0) is 12.3. The number of aliphatic hydroxyl groups is 2. The molecule has 0 amide bonds. The number of Topliss-reactive ketones (excluding diaryl/α,β-unsaturated/α-hetero) is 1. The molecule has 3 N–H and O–H groups in total. The maximum Gasteiger partial charge on any atom is 0.163 e. The fourth-order valence-electron chi connectivity index (χ4n) is 1.33. The number of aromatic hydroxyl groups is 1. The molecule has 1 rings (SSSR count). The molecular weight excluding hydrogens is 276 g/mol. The maximum atomic E-state index is 11.2. The first-order valence-corrected chi connectivity index (χ1v) is 5.85. The van der Waals surface area contributed by atoms with E-state index in [1.807, 2.05) is 0 Å². The third-order valence-corrected chi connectivity index (χ3v) is 2.93. The number of hydrogen-bond acceptors (Lipinski definition) is 4. The Kier molecular flexibility index (Phi) is 4.46. The zero-order valence-corrected chi connectivity index (χ0v) is 10.3. The molecule has 88 valence electrons. The van der Waals surface area contributed by atoms with E-state index >= 15 is 0 Å². The van der Waals surface area contributed by atoms with Gasteiger partial charge in [-0.2, -0.15) is 0 Å². The fraction of sp³-hybridized carbons (Fsp3) is 0.364. The van der Waals surface area contributed by atoms with E-state index in [0.29, 0.717) is 5.56 Å². The molecule has 1 aromatic carbocycles. The zero-order valence-electron chi connectivity index (χ0n) is 8.72. The monoisotopic (exact) mass is 288 g/mol. The highest BCUT2D eigenvalue weighted by molar-refractivity contribution is 9.09. The van der Waals surface area contributed by atoms with Gasteiger partial charge in [-0.05, 0) is 24.6 Å². The lowest BCUT2D eigenvalue weighted by atomic mass is 10.0. The smallest absolute Gasteiger partial charge is 0.163 e. The quantitative estimate of drug-likeness (QED) is 0.578. The van der Waals surface area contributed by atoms with Gasteiger partial charge in [-0.3, -0.25) is 4.79 Å². The van der Waals surface area contributed by atoms with Crippen LogP contribution in [0.25, 0.3) is 0 Å². The summed E-state index contributed by atoms with van der Waals surface area (Å²) in [5, 5.41) is 28.8. The number of aliphatic hydroxyl groups excluding tert-OH is 2. The third-order valence-electron chi connectivity index (χ3n) is 2.26. The van der Waals surface area contributed by atoms with Crippen LogP contribution < -0.4 is 0 Å². The summed E-state index contributed by atoms with van der Waals surface area (Å²) in [6, 6.07) is 4.18. The highest BCUT2D eigenvalue weighted by Gasteiger charge is 2.19. The van der Waals surface area contributed by atoms with E-state index in [4.69, 9.17) is 0 Å². The molecule has 0 heterocycles. The van der Waals surface area contributed by atoms with Crippen molar-refractivity contribution in [3.05, 3.63) is 29.3 Å². The maximum absolute atomic E-state index is 11.2. The molecular formula is C11H13BrO4. The molecule has 1 aromatic rings. The lowest BCUT2D eigenvalue weighted by molar-refractivity contribution is 0.0342. The first-order chi connectivity index (χ1) is 7.47. The number of halogens is 1. The number of phenols is 1. The van der Waals surface area contributed by atoms with Crippen LogP contribution in [-0.2, 0) is 0 Å². The molecule has 16 heavy (non-hydrogen) atoms. The van der Waals surface area contributed by atoms with Crippen LogP contribution in [-0.4, -0.2) is 32.5 Å². The molecule has 0 aliphatic carbocycles. The van der Waals surface area contributed by atoms with E-state index < -0.39 is 12.2 Å². The molecule has 0 spiro atoms. The van der Waals surface area contributed by atoms with Gasteiger partial charge in [0.15, 0.2) is 5.78 Å². The average Bonchev–Trinajstić information content (AvgIpc) is 2.27. The minimum Gasteiger partial charge on any atom is -0.507 e. The van der Waals surface area contributed by atoms with Crippen molar-refractivity contribution in [3.63, 3.8) is 0 Å². The SMILES string of the molecule is CC(=O)c1cc(C(O)C(O)CBr)ccc1O. The Morgan fingerprint density at radius 3 is 2.56 bits per heavy atom. The van der Waals surface area contributed by atoms with Crippen LogP contribution in [0.1, 0.15) is 28.9 Å². The first kappa shape index (κ1) is 13.2. The van der Waals surface area contributed by atoms with Crippen LogP contribution in [0, 0.1) is 0 Å². The highest BCUT2D eigenvalue weighted by Crippen LogP contribution is 2.25. The van der Waals surface area contributed by atoms with Gasteiger partial charge in [0.05, 0.1) is 11.7 Å². The number of alkyl halides is 1. The second-order valence-electron chi connectivity index (χ2n) is 3.50. The second-order valence-corrected chi connectivity index (χ2v) is 4.15. The van der Waals surface area contributed by atoms with Crippen molar-refractivity contribution in [2.24, 2.45) is 0 Å². The molecule has 0 aromatic heterocycles.